The fourth-order valence-corrected chi connectivity index (χ4v) is 4.32. The van der Waals surface area contributed by atoms with Crippen molar-refractivity contribution in [3.05, 3.63) is 106 Å². The standard InChI is InChI=1S/C28H19F2N3O2/c29-21-9-10-22(20(13-21)15-31)27(18-6-7-18)26(17-4-1-16(2-5-17)3-12-25(34)35)19-8-11-24-23(14-19)28(30)33-32-24/h1-5,8-14,18H,6-7H2,(H,32,33)(H,34,35). The highest BCUT2D eigenvalue weighted by Gasteiger charge is 2.32. The summed E-state index contributed by atoms with van der Waals surface area (Å²) in [7, 11) is 0. The van der Waals surface area contributed by atoms with Crippen LogP contribution in [0.3, 0.4) is 0 Å². The van der Waals surface area contributed by atoms with Gasteiger partial charge in [-0.2, -0.15) is 9.65 Å². The second kappa shape index (κ2) is 8.99. The Balaban J connectivity index is 1.77. The third kappa shape index (κ3) is 4.46. The highest BCUT2D eigenvalue weighted by atomic mass is 19.1. The van der Waals surface area contributed by atoms with Crippen LogP contribution in [0.2, 0.25) is 0 Å². The van der Waals surface area contributed by atoms with E-state index in [0.717, 1.165) is 41.2 Å². The Kier molecular flexibility index (Phi) is 5.71. The van der Waals surface area contributed by atoms with Crippen LogP contribution in [0.15, 0.2) is 66.7 Å². The van der Waals surface area contributed by atoms with Crippen LogP contribution in [0.1, 0.15) is 40.7 Å². The molecule has 0 radical (unpaired) electrons. The minimum absolute atomic E-state index is 0.166. The largest absolute Gasteiger partial charge is 0.478 e. The number of H-pyrrole nitrogens is 1. The van der Waals surface area contributed by atoms with Crippen molar-refractivity contribution in [2.24, 2.45) is 5.92 Å². The summed E-state index contributed by atoms with van der Waals surface area (Å²) in [5.41, 5.74) is 5.42. The molecule has 4 aromatic rings. The molecule has 172 valence electrons. The topological polar surface area (TPSA) is 89.8 Å². The van der Waals surface area contributed by atoms with E-state index in [2.05, 4.69) is 16.3 Å². The van der Waals surface area contributed by atoms with Gasteiger partial charge in [0.05, 0.1) is 22.5 Å². The Bertz CT molecular complexity index is 1560. The number of nitrogens with zero attached hydrogens (tertiary/aromatic N) is 2. The van der Waals surface area contributed by atoms with Crippen LogP contribution >= 0.6 is 0 Å². The molecule has 7 heteroatoms. The van der Waals surface area contributed by atoms with Crippen LogP contribution in [0.4, 0.5) is 8.78 Å². The lowest BCUT2D eigenvalue weighted by Gasteiger charge is -2.18. The van der Waals surface area contributed by atoms with Gasteiger partial charge in [-0.1, -0.05) is 36.4 Å². The van der Waals surface area contributed by atoms with Crippen molar-refractivity contribution in [2.75, 3.05) is 0 Å². The third-order valence-corrected chi connectivity index (χ3v) is 6.07. The lowest BCUT2D eigenvalue weighted by molar-refractivity contribution is -0.131. The number of allylic oxidation sites excluding steroid dienone is 1. The van der Waals surface area contributed by atoms with Crippen LogP contribution in [-0.4, -0.2) is 21.3 Å². The summed E-state index contributed by atoms with van der Waals surface area (Å²) in [4.78, 5) is 10.9. The van der Waals surface area contributed by atoms with Gasteiger partial charge in [0.25, 0.3) is 0 Å². The molecule has 0 atom stereocenters. The van der Waals surface area contributed by atoms with Gasteiger partial charge in [0, 0.05) is 6.08 Å². The summed E-state index contributed by atoms with van der Waals surface area (Å²) < 4.78 is 28.3. The van der Waals surface area contributed by atoms with Gasteiger partial charge in [0.1, 0.15) is 5.82 Å². The Morgan fingerprint density at radius 1 is 1.06 bits per heavy atom. The van der Waals surface area contributed by atoms with E-state index < -0.39 is 17.7 Å². The number of carboxylic acid groups (broad SMARTS) is 1. The Morgan fingerprint density at radius 3 is 2.49 bits per heavy atom. The molecule has 1 fully saturated rings. The lowest BCUT2D eigenvalue weighted by Crippen LogP contribution is -2.00. The molecular formula is C28H19F2N3O2. The summed E-state index contributed by atoms with van der Waals surface area (Å²) >= 11 is 0. The molecule has 5 nitrogen and oxygen atoms in total. The summed E-state index contributed by atoms with van der Waals surface area (Å²) in [6.45, 7) is 0. The summed E-state index contributed by atoms with van der Waals surface area (Å²) in [5.74, 6) is -1.97. The molecule has 1 saturated carbocycles. The van der Waals surface area contributed by atoms with E-state index in [1.165, 1.54) is 18.2 Å². The van der Waals surface area contributed by atoms with E-state index in [4.69, 9.17) is 5.11 Å². The number of hydrogen-bond acceptors (Lipinski definition) is 3. The molecule has 0 aliphatic heterocycles. The zero-order valence-corrected chi connectivity index (χ0v) is 18.4. The molecule has 0 bridgehead atoms. The van der Waals surface area contributed by atoms with Gasteiger partial charge in [-0.15, -0.1) is 5.10 Å². The number of nitriles is 1. The number of hydrogen-bond donors (Lipinski definition) is 2. The number of rotatable bonds is 6. The first-order valence-corrected chi connectivity index (χ1v) is 11.0. The van der Waals surface area contributed by atoms with Crippen molar-refractivity contribution in [3.63, 3.8) is 0 Å². The molecule has 0 amide bonds. The van der Waals surface area contributed by atoms with Crippen molar-refractivity contribution in [1.29, 1.82) is 5.26 Å². The average Bonchev–Trinajstić information content (AvgIpc) is 3.64. The van der Waals surface area contributed by atoms with E-state index in [-0.39, 0.29) is 11.5 Å². The van der Waals surface area contributed by atoms with Gasteiger partial charge in [-0.05, 0) is 82.5 Å². The number of aliphatic carboxylic acids is 1. The molecule has 1 aliphatic rings. The number of carboxylic acids is 1. The van der Waals surface area contributed by atoms with Gasteiger partial charge in [0.2, 0.25) is 5.95 Å². The highest BCUT2D eigenvalue weighted by molar-refractivity contribution is 6.02. The maximum absolute atomic E-state index is 14.4. The fraction of sp³-hybridized carbons (Fsp3) is 0.107. The minimum Gasteiger partial charge on any atom is -0.478 e. The maximum atomic E-state index is 14.4. The first-order chi connectivity index (χ1) is 16.9. The number of fused-ring (bicyclic) bond motifs is 1. The number of aromatic nitrogens is 2. The van der Waals surface area contributed by atoms with Crippen molar-refractivity contribution in [2.45, 2.75) is 12.8 Å². The summed E-state index contributed by atoms with van der Waals surface area (Å²) in [5, 5.41) is 25.3. The van der Waals surface area contributed by atoms with Crippen molar-refractivity contribution < 1.29 is 18.7 Å². The third-order valence-electron chi connectivity index (χ3n) is 6.07. The van der Waals surface area contributed by atoms with Crippen molar-refractivity contribution >= 4 is 34.1 Å². The van der Waals surface area contributed by atoms with Gasteiger partial charge in [-0.3, -0.25) is 5.10 Å². The first-order valence-electron chi connectivity index (χ1n) is 11.0. The Morgan fingerprint density at radius 2 is 1.80 bits per heavy atom. The maximum Gasteiger partial charge on any atom is 0.328 e. The van der Waals surface area contributed by atoms with Crippen LogP contribution in [-0.2, 0) is 4.79 Å². The second-order valence-electron chi connectivity index (χ2n) is 8.43. The molecule has 5 rings (SSSR count). The van der Waals surface area contributed by atoms with E-state index in [1.807, 2.05) is 18.2 Å². The molecule has 2 N–H and O–H groups in total. The van der Waals surface area contributed by atoms with E-state index in [9.17, 15) is 18.8 Å². The van der Waals surface area contributed by atoms with Gasteiger partial charge >= 0.3 is 5.97 Å². The fourth-order valence-electron chi connectivity index (χ4n) is 4.32. The normalized spacial score (nSPS) is 14.2. The zero-order valence-electron chi connectivity index (χ0n) is 18.4. The summed E-state index contributed by atoms with van der Waals surface area (Å²) in [6.07, 6.45) is 4.40. The molecule has 1 aromatic heterocycles. The molecule has 1 heterocycles. The molecule has 1 aliphatic carbocycles. The molecule has 35 heavy (non-hydrogen) atoms. The Hall–Kier alpha value is -4.57. The number of halogens is 2. The molecule has 0 unspecified atom stereocenters. The zero-order chi connectivity index (χ0) is 24.5. The average molecular weight is 467 g/mol. The number of aromatic amines is 1. The molecule has 0 saturated heterocycles. The van der Waals surface area contributed by atoms with Gasteiger partial charge in [0.15, 0.2) is 0 Å². The summed E-state index contributed by atoms with van der Waals surface area (Å²) in [6, 6.07) is 19.0. The molecule has 3 aromatic carbocycles. The van der Waals surface area contributed by atoms with Crippen molar-refractivity contribution in [1.82, 2.24) is 10.2 Å². The number of carbonyl (C=O) groups is 1. The highest BCUT2D eigenvalue weighted by Crippen LogP contribution is 2.48. The molecule has 0 spiro atoms. The van der Waals surface area contributed by atoms with Crippen LogP contribution < -0.4 is 0 Å². The van der Waals surface area contributed by atoms with Crippen LogP contribution in [0.25, 0.3) is 28.1 Å². The lowest BCUT2D eigenvalue weighted by atomic mass is 9.85. The second-order valence-corrected chi connectivity index (χ2v) is 8.43. The van der Waals surface area contributed by atoms with Crippen LogP contribution in [0, 0.1) is 29.0 Å². The Labute approximate surface area is 199 Å². The smallest absolute Gasteiger partial charge is 0.328 e. The van der Waals surface area contributed by atoms with E-state index in [0.29, 0.717) is 22.0 Å². The number of nitrogens with one attached hydrogen (secondary N) is 1. The van der Waals surface area contributed by atoms with Crippen LogP contribution in [0.5, 0.6) is 0 Å². The van der Waals surface area contributed by atoms with E-state index >= 15 is 0 Å². The van der Waals surface area contributed by atoms with Gasteiger partial charge < -0.3 is 5.11 Å². The number of benzene rings is 3. The molecular weight excluding hydrogens is 448 g/mol. The quantitative estimate of drug-likeness (QED) is 0.262. The van der Waals surface area contributed by atoms with Crippen molar-refractivity contribution in [3.8, 4) is 6.07 Å². The predicted octanol–water partition coefficient (Wildman–Crippen LogP) is 6.18. The first kappa shape index (κ1) is 22.2. The predicted molar refractivity (Wildman–Crippen MR) is 129 cm³/mol. The van der Waals surface area contributed by atoms with E-state index in [1.54, 1.807) is 30.3 Å². The SMILES string of the molecule is N#Cc1cc(F)ccc1C(=C(c1ccc(C=CC(=O)O)cc1)c1ccc2[nH]nc(F)c2c1)C1CC1. The van der Waals surface area contributed by atoms with Gasteiger partial charge in [-0.25, -0.2) is 9.18 Å². The monoisotopic (exact) mass is 467 g/mol. The minimum atomic E-state index is -1.04.